The highest BCUT2D eigenvalue weighted by Gasteiger charge is 2.31. The zero-order valence-corrected chi connectivity index (χ0v) is 16.5. The van der Waals surface area contributed by atoms with Crippen LogP contribution in [0.25, 0.3) is 0 Å². The molecule has 1 aliphatic heterocycles. The topological polar surface area (TPSA) is 93.5 Å². The van der Waals surface area contributed by atoms with E-state index in [1.165, 1.54) is 0 Å². The molecule has 146 valence electrons. The average molecular weight is 381 g/mol. The maximum atomic E-state index is 12.2. The van der Waals surface area contributed by atoms with Gasteiger partial charge in [0.2, 0.25) is 5.88 Å². The number of rotatable bonds is 5. The Morgan fingerprint density at radius 1 is 1.32 bits per heavy atom. The van der Waals surface area contributed by atoms with E-state index < -0.39 is 0 Å². The number of hydrogen-bond donors (Lipinski definition) is 1. The third kappa shape index (κ3) is 4.24. The summed E-state index contributed by atoms with van der Waals surface area (Å²) < 4.78 is 16.5. The van der Waals surface area contributed by atoms with E-state index in [9.17, 15) is 10.1 Å². The monoisotopic (exact) mass is 381 g/mol. The van der Waals surface area contributed by atoms with E-state index >= 15 is 0 Å². The molecule has 1 aromatic carbocycles. The Morgan fingerprint density at radius 2 is 2.04 bits per heavy atom. The molecule has 1 aromatic heterocycles. The number of methoxy groups -OCH3 is 1. The van der Waals surface area contributed by atoms with Crippen molar-refractivity contribution in [2.75, 3.05) is 19.0 Å². The number of carbonyl (C=O) groups is 1. The van der Waals surface area contributed by atoms with Gasteiger partial charge in [-0.05, 0) is 50.6 Å². The molecular formula is C21H23N3O4. The number of aryl methyl sites for hydroxylation is 1. The Hall–Kier alpha value is -3.11. The SMILES string of the molecule is COc1ccc(NC(=O)COc2nc(C)c3c(c2C#N)CC(C)(C)OC3)cc1. The number of fused-ring (bicyclic) bond motifs is 1. The smallest absolute Gasteiger partial charge is 0.262 e. The number of ether oxygens (including phenoxy) is 3. The van der Waals surface area contributed by atoms with Crippen LogP contribution in [0.1, 0.15) is 36.2 Å². The second kappa shape index (κ2) is 7.87. The lowest BCUT2D eigenvalue weighted by Crippen LogP contribution is -2.33. The van der Waals surface area contributed by atoms with Crippen LogP contribution in [0.4, 0.5) is 5.69 Å². The number of aromatic nitrogens is 1. The fourth-order valence-corrected chi connectivity index (χ4v) is 3.13. The first kappa shape index (κ1) is 19.6. The van der Waals surface area contributed by atoms with Crippen LogP contribution in [0.2, 0.25) is 0 Å². The van der Waals surface area contributed by atoms with Crippen LogP contribution in [0.3, 0.4) is 0 Å². The number of nitrogens with one attached hydrogen (secondary N) is 1. The fourth-order valence-electron chi connectivity index (χ4n) is 3.13. The van der Waals surface area contributed by atoms with Gasteiger partial charge in [-0.25, -0.2) is 4.98 Å². The van der Waals surface area contributed by atoms with Crippen LogP contribution >= 0.6 is 0 Å². The standard InChI is InChI=1S/C21H23N3O4/c1-13-18-11-28-21(2,3)9-16(18)17(10-22)20(23-13)27-12-19(25)24-14-5-7-15(26-4)8-6-14/h5-8H,9,11-12H2,1-4H3,(H,24,25). The lowest BCUT2D eigenvalue weighted by molar-refractivity contribution is -0.118. The first-order valence-electron chi connectivity index (χ1n) is 8.96. The van der Waals surface area contributed by atoms with Crippen molar-refractivity contribution in [3.63, 3.8) is 0 Å². The second-order valence-corrected chi connectivity index (χ2v) is 7.24. The van der Waals surface area contributed by atoms with Gasteiger partial charge in [-0.1, -0.05) is 0 Å². The number of amides is 1. The van der Waals surface area contributed by atoms with Gasteiger partial charge < -0.3 is 19.5 Å². The Morgan fingerprint density at radius 3 is 2.68 bits per heavy atom. The van der Waals surface area contributed by atoms with Crippen LogP contribution < -0.4 is 14.8 Å². The minimum absolute atomic E-state index is 0.182. The summed E-state index contributed by atoms with van der Waals surface area (Å²) in [6.45, 7) is 5.98. The summed E-state index contributed by atoms with van der Waals surface area (Å²) in [5.41, 5.74) is 3.19. The van der Waals surface area contributed by atoms with E-state index in [1.807, 2.05) is 20.8 Å². The lowest BCUT2D eigenvalue weighted by Gasteiger charge is -2.33. The van der Waals surface area contributed by atoms with Crippen molar-refractivity contribution in [1.82, 2.24) is 4.98 Å². The number of carbonyl (C=O) groups excluding carboxylic acids is 1. The average Bonchev–Trinajstić information content (AvgIpc) is 2.66. The zero-order chi connectivity index (χ0) is 20.3. The first-order valence-corrected chi connectivity index (χ1v) is 8.96. The molecular weight excluding hydrogens is 358 g/mol. The Kier molecular flexibility index (Phi) is 5.52. The van der Waals surface area contributed by atoms with Crippen molar-refractivity contribution in [3.05, 3.63) is 46.6 Å². The van der Waals surface area contributed by atoms with Crippen molar-refractivity contribution < 1.29 is 19.0 Å². The molecule has 0 saturated carbocycles. The van der Waals surface area contributed by atoms with Crippen molar-refractivity contribution in [2.45, 2.75) is 39.4 Å². The molecule has 2 aromatic rings. The van der Waals surface area contributed by atoms with E-state index in [0.717, 1.165) is 16.8 Å². The number of nitriles is 1. The molecule has 1 aliphatic rings. The molecule has 0 saturated heterocycles. The van der Waals surface area contributed by atoms with Crippen molar-refractivity contribution in [2.24, 2.45) is 0 Å². The molecule has 0 unspecified atom stereocenters. The molecule has 0 bridgehead atoms. The number of nitrogens with zero attached hydrogens (tertiary/aromatic N) is 2. The van der Waals surface area contributed by atoms with Gasteiger partial charge in [0.1, 0.15) is 17.4 Å². The van der Waals surface area contributed by atoms with Gasteiger partial charge in [-0.15, -0.1) is 0 Å². The molecule has 0 aliphatic carbocycles. The Balaban J connectivity index is 1.74. The molecule has 7 nitrogen and oxygen atoms in total. The summed E-state index contributed by atoms with van der Waals surface area (Å²) in [7, 11) is 1.58. The molecule has 0 radical (unpaired) electrons. The predicted octanol–water partition coefficient (Wildman–Crippen LogP) is 3.14. The normalized spacial score (nSPS) is 14.5. The molecule has 0 atom stereocenters. The van der Waals surface area contributed by atoms with Gasteiger partial charge in [0.05, 0.1) is 19.3 Å². The summed E-state index contributed by atoms with van der Waals surface area (Å²) in [6.07, 6.45) is 0.586. The van der Waals surface area contributed by atoms with E-state index in [2.05, 4.69) is 16.4 Å². The predicted molar refractivity (Wildman–Crippen MR) is 103 cm³/mol. The Labute approximate surface area is 164 Å². The summed E-state index contributed by atoms with van der Waals surface area (Å²) in [6, 6.07) is 9.16. The molecule has 3 rings (SSSR count). The molecule has 1 amide bonds. The number of benzene rings is 1. The second-order valence-electron chi connectivity index (χ2n) is 7.24. The third-order valence-corrected chi connectivity index (χ3v) is 4.62. The van der Waals surface area contributed by atoms with Gasteiger partial charge in [-0.2, -0.15) is 5.26 Å². The van der Waals surface area contributed by atoms with Crippen LogP contribution in [-0.4, -0.2) is 30.2 Å². The Bertz CT molecular complexity index is 930. The van der Waals surface area contributed by atoms with Gasteiger partial charge in [-0.3, -0.25) is 4.79 Å². The van der Waals surface area contributed by atoms with Crippen LogP contribution in [0.15, 0.2) is 24.3 Å². The van der Waals surface area contributed by atoms with Crippen LogP contribution in [-0.2, 0) is 22.6 Å². The highest BCUT2D eigenvalue weighted by molar-refractivity contribution is 5.91. The number of pyridine rings is 1. The highest BCUT2D eigenvalue weighted by atomic mass is 16.5. The summed E-state index contributed by atoms with van der Waals surface area (Å²) >= 11 is 0. The molecule has 0 spiro atoms. The number of anilines is 1. The molecule has 0 fully saturated rings. The summed E-state index contributed by atoms with van der Waals surface area (Å²) in [5, 5.41) is 12.4. The third-order valence-electron chi connectivity index (χ3n) is 4.62. The molecule has 1 N–H and O–H groups in total. The van der Waals surface area contributed by atoms with E-state index in [0.29, 0.717) is 30.0 Å². The van der Waals surface area contributed by atoms with Crippen molar-refractivity contribution in [3.8, 4) is 17.7 Å². The maximum absolute atomic E-state index is 12.2. The first-order chi connectivity index (χ1) is 13.3. The molecule has 2 heterocycles. The van der Waals surface area contributed by atoms with E-state index in [1.54, 1.807) is 31.4 Å². The van der Waals surface area contributed by atoms with Crippen LogP contribution in [0, 0.1) is 18.3 Å². The van der Waals surface area contributed by atoms with Crippen LogP contribution in [0.5, 0.6) is 11.6 Å². The summed E-state index contributed by atoms with van der Waals surface area (Å²) in [5.74, 6) is 0.546. The highest BCUT2D eigenvalue weighted by Crippen LogP contribution is 2.34. The lowest BCUT2D eigenvalue weighted by atomic mass is 9.88. The minimum Gasteiger partial charge on any atom is -0.497 e. The van der Waals surface area contributed by atoms with Gasteiger partial charge in [0.25, 0.3) is 5.91 Å². The van der Waals surface area contributed by atoms with E-state index in [4.69, 9.17) is 14.2 Å². The zero-order valence-electron chi connectivity index (χ0n) is 16.5. The van der Waals surface area contributed by atoms with Gasteiger partial charge in [0.15, 0.2) is 6.61 Å². The molecule has 7 heteroatoms. The summed E-state index contributed by atoms with van der Waals surface area (Å²) in [4.78, 5) is 16.6. The molecule has 28 heavy (non-hydrogen) atoms. The fraction of sp³-hybridized carbons (Fsp3) is 0.381. The maximum Gasteiger partial charge on any atom is 0.262 e. The largest absolute Gasteiger partial charge is 0.497 e. The van der Waals surface area contributed by atoms with Crippen molar-refractivity contribution >= 4 is 11.6 Å². The van der Waals surface area contributed by atoms with Gasteiger partial charge >= 0.3 is 0 Å². The number of hydrogen-bond acceptors (Lipinski definition) is 6. The van der Waals surface area contributed by atoms with E-state index in [-0.39, 0.29) is 24.0 Å². The minimum atomic E-state index is -0.366. The van der Waals surface area contributed by atoms with Crippen molar-refractivity contribution in [1.29, 1.82) is 5.26 Å². The van der Waals surface area contributed by atoms with Gasteiger partial charge in [0, 0.05) is 23.4 Å². The quantitative estimate of drug-likeness (QED) is 0.855.